The summed E-state index contributed by atoms with van der Waals surface area (Å²) < 4.78 is 66.6. The summed E-state index contributed by atoms with van der Waals surface area (Å²) in [5.74, 6) is -4.92. The van der Waals surface area contributed by atoms with Gasteiger partial charge in [-0.05, 0) is 23.8 Å². The van der Waals surface area contributed by atoms with Crippen LogP contribution in [0.4, 0.5) is 27.8 Å². The highest BCUT2D eigenvalue weighted by Gasteiger charge is 2.17. The number of benzene rings is 1. The number of rotatable bonds is 5. The van der Waals surface area contributed by atoms with Gasteiger partial charge in [-0.25, -0.2) is 31.9 Å². The van der Waals surface area contributed by atoms with Gasteiger partial charge in [0.25, 0.3) is 12.3 Å². The third kappa shape index (κ3) is 4.28. The molecule has 2 heterocycles. The second-order valence-corrected chi connectivity index (χ2v) is 6.02. The standard InChI is InChI=1S/C17H10ClF5N4O/c18-15-10(16(22)23)3-9(4-24-15)17(28)26-13-6-27(7-25-13)5-8-1-11(19)14(21)12(20)2-8/h1-4,6-7,16H,5H2,(H,26,28). The van der Waals surface area contributed by atoms with Crippen molar-refractivity contribution in [2.24, 2.45) is 0 Å². The van der Waals surface area contributed by atoms with Crippen molar-refractivity contribution in [3.8, 4) is 0 Å². The number of hydrogen-bond donors (Lipinski definition) is 1. The van der Waals surface area contributed by atoms with Crippen molar-refractivity contribution >= 4 is 23.3 Å². The normalized spacial score (nSPS) is 11.1. The van der Waals surface area contributed by atoms with Crippen LogP contribution in [0.3, 0.4) is 0 Å². The Bertz CT molecular complexity index is 1020. The van der Waals surface area contributed by atoms with Crippen LogP contribution in [-0.2, 0) is 6.54 Å². The van der Waals surface area contributed by atoms with Gasteiger partial charge in [-0.15, -0.1) is 0 Å². The van der Waals surface area contributed by atoms with Gasteiger partial charge in [0.05, 0.1) is 17.5 Å². The summed E-state index contributed by atoms with van der Waals surface area (Å²) in [6, 6.07) is 2.58. The number of carbonyl (C=O) groups is 1. The van der Waals surface area contributed by atoms with Crippen LogP contribution in [-0.4, -0.2) is 20.4 Å². The number of imidazole rings is 1. The molecule has 0 saturated heterocycles. The molecule has 0 atom stereocenters. The Labute approximate surface area is 159 Å². The molecule has 0 fully saturated rings. The number of pyridine rings is 1. The molecule has 0 spiro atoms. The fraction of sp³-hybridized carbons (Fsp3) is 0.118. The Kier molecular flexibility index (Phi) is 5.59. The van der Waals surface area contributed by atoms with Gasteiger partial charge >= 0.3 is 0 Å². The number of halogens is 6. The highest BCUT2D eigenvalue weighted by Crippen LogP contribution is 2.26. The molecule has 0 radical (unpaired) electrons. The predicted molar refractivity (Wildman–Crippen MR) is 89.8 cm³/mol. The lowest BCUT2D eigenvalue weighted by Crippen LogP contribution is -2.13. The fourth-order valence-corrected chi connectivity index (χ4v) is 2.54. The number of nitrogens with zero attached hydrogens (tertiary/aromatic N) is 3. The molecule has 146 valence electrons. The Morgan fingerprint density at radius 3 is 2.46 bits per heavy atom. The van der Waals surface area contributed by atoms with Crippen molar-refractivity contribution in [1.82, 2.24) is 14.5 Å². The summed E-state index contributed by atoms with van der Waals surface area (Å²) >= 11 is 5.55. The molecule has 0 saturated carbocycles. The molecule has 0 bridgehead atoms. The van der Waals surface area contributed by atoms with E-state index in [9.17, 15) is 26.7 Å². The molecule has 0 aliphatic heterocycles. The van der Waals surface area contributed by atoms with Gasteiger partial charge in [-0.2, -0.15) is 0 Å². The molecule has 0 aliphatic carbocycles. The summed E-state index contributed by atoms with van der Waals surface area (Å²) in [6.45, 7) is -0.0466. The number of carbonyl (C=O) groups excluding carboxylic acids is 1. The summed E-state index contributed by atoms with van der Waals surface area (Å²) in [7, 11) is 0. The third-order valence-corrected chi connectivity index (χ3v) is 3.96. The fourth-order valence-electron chi connectivity index (χ4n) is 2.35. The van der Waals surface area contributed by atoms with Gasteiger partial charge in [0, 0.05) is 18.9 Å². The quantitative estimate of drug-likeness (QED) is 0.376. The van der Waals surface area contributed by atoms with E-state index in [1.807, 2.05) is 0 Å². The summed E-state index contributed by atoms with van der Waals surface area (Å²) in [5.41, 5.74) is -0.604. The lowest BCUT2D eigenvalue weighted by atomic mass is 10.2. The maximum absolute atomic E-state index is 13.3. The summed E-state index contributed by atoms with van der Waals surface area (Å²) in [6.07, 6.45) is 0.738. The van der Waals surface area contributed by atoms with Crippen LogP contribution in [0.15, 0.2) is 36.9 Å². The lowest BCUT2D eigenvalue weighted by molar-refractivity contribution is 0.102. The van der Waals surface area contributed by atoms with Crippen molar-refractivity contribution in [3.63, 3.8) is 0 Å². The molecule has 11 heteroatoms. The highest BCUT2D eigenvalue weighted by molar-refractivity contribution is 6.30. The van der Waals surface area contributed by atoms with Crippen molar-refractivity contribution in [2.75, 3.05) is 5.32 Å². The van der Waals surface area contributed by atoms with E-state index in [0.29, 0.717) is 0 Å². The summed E-state index contributed by atoms with van der Waals surface area (Å²) in [4.78, 5) is 19.6. The minimum absolute atomic E-state index is 0.0466. The molecule has 0 unspecified atom stereocenters. The average Bonchev–Trinajstić information content (AvgIpc) is 3.06. The molecular weight excluding hydrogens is 407 g/mol. The van der Waals surface area contributed by atoms with Gasteiger partial charge in [0.1, 0.15) is 5.15 Å². The van der Waals surface area contributed by atoms with Gasteiger partial charge in [-0.3, -0.25) is 4.79 Å². The third-order valence-electron chi connectivity index (χ3n) is 3.65. The summed E-state index contributed by atoms with van der Waals surface area (Å²) in [5, 5.41) is 1.97. The molecule has 1 aromatic carbocycles. The van der Waals surface area contributed by atoms with Gasteiger partial charge in [0.15, 0.2) is 23.3 Å². The number of hydrogen-bond acceptors (Lipinski definition) is 3. The molecule has 1 amide bonds. The second-order valence-electron chi connectivity index (χ2n) is 5.66. The number of amides is 1. The molecule has 5 nitrogen and oxygen atoms in total. The van der Waals surface area contributed by atoms with Gasteiger partial charge in [-0.1, -0.05) is 11.6 Å². The molecule has 3 rings (SSSR count). The van der Waals surface area contributed by atoms with E-state index in [4.69, 9.17) is 11.6 Å². The molecule has 3 aromatic rings. The topological polar surface area (TPSA) is 59.8 Å². The monoisotopic (exact) mass is 416 g/mol. The highest BCUT2D eigenvalue weighted by atomic mass is 35.5. The zero-order valence-electron chi connectivity index (χ0n) is 13.8. The van der Waals surface area contributed by atoms with Crippen LogP contribution in [0.2, 0.25) is 5.15 Å². The van der Waals surface area contributed by atoms with E-state index < -0.39 is 40.5 Å². The minimum Gasteiger partial charge on any atom is -0.331 e. The van der Waals surface area contributed by atoms with Crippen LogP contribution in [0.5, 0.6) is 0 Å². The average molecular weight is 417 g/mol. The maximum Gasteiger partial charge on any atom is 0.266 e. The number of alkyl halides is 2. The van der Waals surface area contributed by atoms with E-state index in [1.165, 1.54) is 17.1 Å². The van der Waals surface area contributed by atoms with Gasteiger partial charge in [0.2, 0.25) is 0 Å². The van der Waals surface area contributed by atoms with E-state index in [1.54, 1.807) is 0 Å². The maximum atomic E-state index is 13.3. The lowest BCUT2D eigenvalue weighted by Gasteiger charge is -2.06. The number of nitrogens with one attached hydrogen (secondary N) is 1. The minimum atomic E-state index is -2.90. The van der Waals surface area contributed by atoms with Crippen molar-refractivity contribution in [1.29, 1.82) is 0 Å². The van der Waals surface area contributed by atoms with E-state index >= 15 is 0 Å². The Hall–Kier alpha value is -3.01. The van der Waals surface area contributed by atoms with Crippen LogP contribution in [0, 0.1) is 17.5 Å². The van der Waals surface area contributed by atoms with Crippen LogP contribution < -0.4 is 5.32 Å². The second kappa shape index (κ2) is 7.93. The first-order valence-electron chi connectivity index (χ1n) is 7.64. The molecular formula is C17H10ClF5N4O. The van der Waals surface area contributed by atoms with Crippen molar-refractivity contribution in [2.45, 2.75) is 13.0 Å². The van der Waals surface area contributed by atoms with E-state index in [-0.39, 0.29) is 23.5 Å². The Balaban J connectivity index is 1.73. The smallest absolute Gasteiger partial charge is 0.266 e. The predicted octanol–water partition coefficient (Wildman–Crippen LogP) is 4.59. The zero-order valence-corrected chi connectivity index (χ0v) is 14.5. The first-order valence-corrected chi connectivity index (χ1v) is 8.02. The Morgan fingerprint density at radius 2 is 1.82 bits per heavy atom. The van der Waals surface area contributed by atoms with Crippen LogP contribution in [0.25, 0.3) is 0 Å². The number of anilines is 1. The first-order chi connectivity index (χ1) is 13.2. The molecule has 28 heavy (non-hydrogen) atoms. The van der Waals surface area contributed by atoms with Crippen LogP contribution in [0.1, 0.15) is 27.9 Å². The van der Waals surface area contributed by atoms with Crippen molar-refractivity contribution < 1.29 is 26.7 Å². The molecule has 2 aromatic heterocycles. The first kappa shape index (κ1) is 19.7. The Morgan fingerprint density at radius 1 is 1.14 bits per heavy atom. The van der Waals surface area contributed by atoms with E-state index in [0.717, 1.165) is 24.4 Å². The molecule has 0 aliphatic rings. The molecule has 1 N–H and O–H groups in total. The SMILES string of the molecule is O=C(Nc1cn(Cc2cc(F)c(F)c(F)c2)cn1)c1cnc(Cl)c(C(F)F)c1. The van der Waals surface area contributed by atoms with Crippen molar-refractivity contribution in [3.05, 3.63) is 76.2 Å². The number of aromatic nitrogens is 3. The van der Waals surface area contributed by atoms with E-state index in [2.05, 4.69) is 15.3 Å². The largest absolute Gasteiger partial charge is 0.331 e. The van der Waals surface area contributed by atoms with Gasteiger partial charge < -0.3 is 9.88 Å². The zero-order chi connectivity index (χ0) is 20.4. The van der Waals surface area contributed by atoms with Crippen LogP contribution >= 0.6 is 11.6 Å².